The third-order valence-electron chi connectivity index (χ3n) is 2.29. The van der Waals surface area contributed by atoms with Crippen LogP contribution >= 0.6 is 12.6 Å². The van der Waals surface area contributed by atoms with Gasteiger partial charge in [0.1, 0.15) is 0 Å². The van der Waals surface area contributed by atoms with Crippen LogP contribution in [0.1, 0.15) is 23.7 Å². The number of rotatable bonds is 5. The van der Waals surface area contributed by atoms with E-state index in [9.17, 15) is 14.7 Å². The fourth-order valence-electron chi connectivity index (χ4n) is 1.41. The second kappa shape index (κ2) is 5.70. The molecule has 3 N–H and O–H groups in total. The third-order valence-corrected chi connectivity index (χ3v) is 2.83. The molecular formula is C11H12O5S. The summed E-state index contributed by atoms with van der Waals surface area (Å²) < 4.78 is 0. The Bertz CT molecular complexity index is 443. The number of carboxylic acid groups (broad SMARTS) is 2. The monoisotopic (exact) mass is 256 g/mol. The first-order valence-corrected chi connectivity index (χ1v) is 5.31. The topological polar surface area (TPSA) is 94.8 Å². The molecule has 0 saturated carbocycles. The van der Waals surface area contributed by atoms with Gasteiger partial charge in [0, 0.05) is 16.9 Å². The minimum atomic E-state index is -1.65. The maximum atomic E-state index is 10.7. The van der Waals surface area contributed by atoms with E-state index in [2.05, 4.69) is 12.6 Å². The average molecular weight is 256 g/mol. The molecule has 0 radical (unpaired) electrons. The Morgan fingerprint density at radius 2 is 1.94 bits per heavy atom. The van der Waals surface area contributed by atoms with Gasteiger partial charge in [0.15, 0.2) is 6.10 Å². The van der Waals surface area contributed by atoms with Crippen LogP contribution in [0.3, 0.4) is 0 Å². The number of aliphatic carboxylic acids is 2. The van der Waals surface area contributed by atoms with Crippen molar-refractivity contribution < 1.29 is 24.9 Å². The molecule has 1 unspecified atom stereocenters. The minimum absolute atomic E-state index is 0.0693. The summed E-state index contributed by atoms with van der Waals surface area (Å²) in [6.07, 6.45) is -1.47. The van der Waals surface area contributed by atoms with E-state index in [1.54, 1.807) is 12.1 Å². The lowest BCUT2D eigenvalue weighted by Gasteiger charge is -2.12. The van der Waals surface area contributed by atoms with Crippen molar-refractivity contribution in [2.75, 3.05) is 0 Å². The number of hydrogen-bond acceptors (Lipinski definition) is 4. The van der Waals surface area contributed by atoms with Crippen LogP contribution in [0.15, 0.2) is 23.1 Å². The Morgan fingerprint density at radius 3 is 2.47 bits per heavy atom. The van der Waals surface area contributed by atoms with Gasteiger partial charge >= 0.3 is 11.9 Å². The number of aliphatic hydroxyl groups is 1. The van der Waals surface area contributed by atoms with Crippen LogP contribution in [0, 0.1) is 0 Å². The summed E-state index contributed by atoms with van der Waals surface area (Å²) in [6, 6.07) is 4.67. The molecule has 0 saturated heterocycles. The number of aryl methyl sites for hydroxylation is 1. The number of carbonyl (C=O) groups is 2. The first-order valence-electron chi connectivity index (χ1n) is 4.87. The third kappa shape index (κ3) is 3.47. The van der Waals surface area contributed by atoms with Crippen LogP contribution in [0.25, 0.3) is 0 Å². The van der Waals surface area contributed by atoms with E-state index in [0.29, 0.717) is 10.5 Å². The highest BCUT2D eigenvalue weighted by atomic mass is 32.1. The van der Waals surface area contributed by atoms with Gasteiger partial charge in [-0.1, -0.05) is 18.2 Å². The van der Waals surface area contributed by atoms with Crippen molar-refractivity contribution in [3.63, 3.8) is 0 Å². The van der Waals surface area contributed by atoms with Gasteiger partial charge in [-0.25, -0.2) is 4.79 Å². The molecule has 0 aliphatic rings. The Morgan fingerprint density at radius 1 is 1.29 bits per heavy atom. The first-order chi connectivity index (χ1) is 7.93. The zero-order chi connectivity index (χ0) is 13.0. The molecule has 0 spiro atoms. The molecule has 1 aromatic rings. The molecule has 0 aliphatic carbocycles. The standard InChI is InChI=1S/C11H12O5S/c12-8(13)5-4-6-2-1-3-7(10(6)17)9(14)11(15)16/h1-3,9,14,17H,4-5H2,(H,12,13)(H,15,16). The van der Waals surface area contributed by atoms with Crippen molar-refractivity contribution in [3.8, 4) is 0 Å². The Balaban J connectivity index is 2.98. The lowest BCUT2D eigenvalue weighted by molar-refractivity contribution is -0.147. The van der Waals surface area contributed by atoms with Crippen LogP contribution in [-0.4, -0.2) is 27.3 Å². The van der Waals surface area contributed by atoms with Gasteiger partial charge in [0.05, 0.1) is 0 Å². The predicted octanol–water partition coefficient (Wildman–Crippen LogP) is 1.11. The van der Waals surface area contributed by atoms with Gasteiger partial charge < -0.3 is 15.3 Å². The summed E-state index contributed by atoms with van der Waals surface area (Å²) in [5.41, 5.74) is 0.775. The van der Waals surface area contributed by atoms with Gasteiger partial charge in [-0.15, -0.1) is 12.6 Å². The fourth-order valence-corrected chi connectivity index (χ4v) is 1.79. The maximum Gasteiger partial charge on any atom is 0.337 e. The molecule has 17 heavy (non-hydrogen) atoms. The number of aliphatic hydroxyl groups excluding tert-OH is 1. The van der Waals surface area contributed by atoms with Gasteiger partial charge in [-0.05, 0) is 12.0 Å². The molecule has 1 rings (SSSR count). The van der Waals surface area contributed by atoms with Gasteiger partial charge in [0.2, 0.25) is 0 Å². The smallest absolute Gasteiger partial charge is 0.337 e. The second-order valence-electron chi connectivity index (χ2n) is 3.49. The molecule has 0 bridgehead atoms. The van der Waals surface area contributed by atoms with Crippen LogP contribution in [0.4, 0.5) is 0 Å². The number of carboxylic acids is 2. The summed E-state index contributed by atoms with van der Waals surface area (Å²) >= 11 is 4.13. The number of hydrogen-bond donors (Lipinski definition) is 4. The molecule has 1 aromatic carbocycles. The summed E-state index contributed by atoms with van der Waals surface area (Å²) in [7, 11) is 0. The van der Waals surface area contributed by atoms with E-state index in [-0.39, 0.29) is 18.4 Å². The summed E-state index contributed by atoms with van der Waals surface area (Å²) in [6.45, 7) is 0. The van der Waals surface area contributed by atoms with Gasteiger partial charge in [-0.2, -0.15) is 0 Å². The molecular weight excluding hydrogens is 244 g/mol. The predicted molar refractivity (Wildman–Crippen MR) is 62.2 cm³/mol. The number of thiol groups is 1. The van der Waals surface area contributed by atoms with E-state index in [1.807, 2.05) is 0 Å². The zero-order valence-corrected chi connectivity index (χ0v) is 9.72. The van der Waals surface area contributed by atoms with Crippen LogP contribution in [0.2, 0.25) is 0 Å². The van der Waals surface area contributed by atoms with E-state index in [4.69, 9.17) is 10.2 Å². The molecule has 92 valence electrons. The average Bonchev–Trinajstić information content (AvgIpc) is 2.26. The van der Waals surface area contributed by atoms with Crippen LogP contribution in [-0.2, 0) is 16.0 Å². The lowest BCUT2D eigenvalue weighted by Crippen LogP contribution is -2.12. The van der Waals surface area contributed by atoms with Crippen molar-refractivity contribution >= 4 is 24.6 Å². The van der Waals surface area contributed by atoms with Crippen LogP contribution in [0.5, 0.6) is 0 Å². The summed E-state index contributed by atoms with van der Waals surface area (Å²) in [5.74, 6) is -2.31. The number of benzene rings is 1. The molecule has 0 aromatic heterocycles. The quantitative estimate of drug-likeness (QED) is 0.592. The normalized spacial score (nSPS) is 12.1. The largest absolute Gasteiger partial charge is 0.481 e. The second-order valence-corrected chi connectivity index (χ2v) is 3.94. The lowest BCUT2D eigenvalue weighted by atomic mass is 10.0. The van der Waals surface area contributed by atoms with Crippen LogP contribution < -0.4 is 0 Å². The van der Waals surface area contributed by atoms with Gasteiger partial charge in [-0.3, -0.25) is 4.79 Å². The molecule has 5 nitrogen and oxygen atoms in total. The summed E-state index contributed by atoms with van der Waals surface area (Å²) in [5, 5.41) is 26.7. The summed E-state index contributed by atoms with van der Waals surface area (Å²) in [4.78, 5) is 21.4. The van der Waals surface area contributed by atoms with E-state index in [1.165, 1.54) is 6.07 Å². The molecule has 0 heterocycles. The molecule has 6 heteroatoms. The van der Waals surface area contributed by atoms with E-state index < -0.39 is 18.0 Å². The molecule has 0 aliphatic heterocycles. The van der Waals surface area contributed by atoms with Crippen molar-refractivity contribution in [1.82, 2.24) is 0 Å². The Labute approximate surface area is 103 Å². The van der Waals surface area contributed by atoms with Gasteiger partial charge in [0.25, 0.3) is 0 Å². The maximum absolute atomic E-state index is 10.7. The zero-order valence-electron chi connectivity index (χ0n) is 8.83. The fraction of sp³-hybridized carbons (Fsp3) is 0.273. The Kier molecular flexibility index (Phi) is 4.53. The van der Waals surface area contributed by atoms with E-state index >= 15 is 0 Å². The van der Waals surface area contributed by atoms with Crippen molar-refractivity contribution in [2.24, 2.45) is 0 Å². The van der Waals surface area contributed by atoms with E-state index in [0.717, 1.165) is 0 Å². The van der Waals surface area contributed by atoms with Crippen molar-refractivity contribution in [1.29, 1.82) is 0 Å². The highest BCUT2D eigenvalue weighted by molar-refractivity contribution is 7.80. The minimum Gasteiger partial charge on any atom is -0.481 e. The van der Waals surface area contributed by atoms with Crippen molar-refractivity contribution in [3.05, 3.63) is 29.3 Å². The highest BCUT2D eigenvalue weighted by Crippen LogP contribution is 2.26. The molecule has 0 amide bonds. The SMILES string of the molecule is O=C(O)CCc1cccc(C(O)C(=O)O)c1S. The Hall–Kier alpha value is -1.53. The molecule has 0 fully saturated rings. The van der Waals surface area contributed by atoms with Crippen molar-refractivity contribution in [2.45, 2.75) is 23.8 Å². The highest BCUT2D eigenvalue weighted by Gasteiger charge is 2.19. The first kappa shape index (κ1) is 13.5. The molecule has 1 atom stereocenters.